The van der Waals surface area contributed by atoms with Crippen LogP contribution in [0.25, 0.3) is 0 Å². The van der Waals surface area contributed by atoms with Crippen LogP contribution >= 0.6 is 0 Å². The molecule has 0 spiro atoms. The van der Waals surface area contributed by atoms with Crippen LogP contribution in [0.3, 0.4) is 0 Å². The first-order valence-corrected chi connectivity index (χ1v) is 15.7. The Hall–Kier alpha value is -1.58. The molecular formula is C33H53FO3. The maximum atomic E-state index is 14.4. The summed E-state index contributed by atoms with van der Waals surface area (Å²) in [6.45, 7) is 4.95. The van der Waals surface area contributed by atoms with Crippen molar-refractivity contribution in [3.63, 3.8) is 0 Å². The monoisotopic (exact) mass is 516 g/mol. The zero-order chi connectivity index (χ0) is 26.3. The second kappa shape index (κ2) is 17.1. The number of hydrogen-bond donors (Lipinski definition) is 0. The summed E-state index contributed by atoms with van der Waals surface area (Å²) in [5, 5.41) is 0. The molecule has 0 saturated heterocycles. The number of benzene rings is 1. The van der Waals surface area contributed by atoms with E-state index in [1.807, 2.05) is 0 Å². The first-order chi connectivity index (χ1) is 18.1. The summed E-state index contributed by atoms with van der Waals surface area (Å²) in [5.74, 6) is 1.93. The van der Waals surface area contributed by atoms with Gasteiger partial charge in [0, 0.05) is 0 Å². The third-order valence-electron chi connectivity index (χ3n) is 8.94. The van der Waals surface area contributed by atoms with Gasteiger partial charge in [0.2, 0.25) is 0 Å². The molecule has 0 atom stereocenters. The number of hydrogen-bond acceptors (Lipinski definition) is 3. The Labute approximate surface area is 226 Å². The van der Waals surface area contributed by atoms with Crippen LogP contribution in [0, 0.1) is 23.6 Å². The minimum absolute atomic E-state index is 0.0367. The van der Waals surface area contributed by atoms with E-state index in [1.165, 1.54) is 83.1 Å². The van der Waals surface area contributed by atoms with Crippen molar-refractivity contribution >= 4 is 5.97 Å². The molecule has 2 saturated carbocycles. The van der Waals surface area contributed by atoms with Crippen molar-refractivity contribution in [2.24, 2.45) is 17.8 Å². The molecule has 3 nitrogen and oxygen atoms in total. The van der Waals surface area contributed by atoms with Crippen molar-refractivity contribution < 1.29 is 18.7 Å². The van der Waals surface area contributed by atoms with Crippen molar-refractivity contribution in [3.8, 4) is 5.75 Å². The van der Waals surface area contributed by atoms with Gasteiger partial charge in [-0.25, -0.2) is 9.18 Å². The topological polar surface area (TPSA) is 35.5 Å². The van der Waals surface area contributed by atoms with Gasteiger partial charge in [-0.3, -0.25) is 0 Å². The summed E-state index contributed by atoms with van der Waals surface area (Å²) in [4.78, 5) is 12.7. The Kier molecular flexibility index (Phi) is 13.8. The molecule has 2 fully saturated rings. The van der Waals surface area contributed by atoms with E-state index in [1.54, 1.807) is 12.1 Å². The Bertz CT molecular complexity index is 763. The number of halogens is 1. The van der Waals surface area contributed by atoms with Crippen LogP contribution in [0.15, 0.2) is 18.2 Å². The van der Waals surface area contributed by atoms with E-state index >= 15 is 0 Å². The Morgan fingerprint density at radius 3 is 2.03 bits per heavy atom. The normalized spacial score (nSPS) is 24.1. The lowest BCUT2D eigenvalue weighted by Gasteiger charge is -2.37. The molecule has 2 aliphatic carbocycles. The molecule has 0 aromatic heterocycles. The van der Waals surface area contributed by atoms with Gasteiger partial charge in [-0.1, -0.05) is 90.9 Å². The van der Waals surface area contributed by atoms with Crippen molar-refractivity contribution in [2.75, 3.05) is 6.61 Å². The zero-order valence-corrected chi connectivity index (χ0v) is 23.8. The Balaban J connectivity index is 1.31. The molecule has 1 aromatic carbocycles. The first kappa shape index (κ1) is 30.0. The smallest absolute Gasteiger partial charge is 0.338 e. The highest BCUT2D eigenvalue weighted by atomic mass is 19.1. The number of rotatable bonds is 16. The molecule has 2 aliphatic rings. The number of unbranched alkanes of at least 4 members (excludes halogenated alkanes) is 8. The fourth-order valence-corrected chi connectivity index (χ4v) is 6.51. The molecule has 210 valence electrons. The quantitative estimate of drug-likeness (QED) is 0.162. The van der Waals surface area contributed by atoms with Gasteiger partial charge >= 0.3 is 5.97 Å². The lowest BCUT2D eigenvalue weighted by atomic mass is 9.70. The van der Waals surface area contributed by atoms with Crippen LogP contribution in [0.2, 0.25) is 0 Å². The molecule has 37 heavy (non-hydrogen) atoms. The van der Waals surface area contributed by atoms with Gasteiger partial charge in [-0.2, -0.15) is 0 Å². The maximum Gasteiger partial charge on any atom is 0.338 e. The Morgan fingerprint density at radius 1 is 0.784 bits per heavy atom. The summed E-state index contributed by atoms with van der Waals surface area (Å²) in [7, 11) is 0. The van der Waals surface area contributed by atoms with Crippen LogP contribution in [0.4, 0.5) is 4.39 Å². The lowest BCUT2D eigenvalue weighted by Crippen LogP contribution is -2.29. The number of esters is 1. The van der Waals surface area contributed by atoms with Gasteiger partial charge in [0.05, 0.1) is 12.2 Å². The summed E-state index contributed by atoms with van der Waals surface area (Å²) < 4.78 is 25.8. The van der Waals surface area contributed by atoms with E-state index in [9.17, 15) is 9.18 Å². The molecule has 1 aromatic rings. The van der Waals surface area contributed by atoms with Gasteiger partial charge in [-0.05, 0) is 80.9 Å². The van der Waals surface area contributed by atoms with Crippen LogP contribution in [0.5, 0.6) is 5.75 Å². The molecule has 3 rings (SSSR count). The molecule has 0 heterocycles. The van der Waals surface area contributed by atoms with Gasteiger partial charge in [0.25, 0.3) is 0 Å². The van der Waals surface area contributed by atoms with E-state index in [0.717, 1.165) is 62.7 Å². The highest BCUT2D eigenvalue weighted by molar-refractivity contribution is 5.89. The summed E-state index contributed by atoms with van der Waals surface area (Å²) in [5.41, 5.74) is 0.279. The highest BCUT2D eigenvalue weighted by Gasteiger charge is 2.32. The third-order valence-corrected chi connectivity index (χ3v) is 8.94. The van der Waals surface area contributed by atoms with E-state index in [4.69, 9.17) is 9.47 Å². The van der Waals surface area contributed by atoms with E-state index in [0.29, 0.717) is 6.61 Å². The Morgan fingerprint density at radius 2 is 1.38 bits per heavy atom. The van der Waals surface area contributed by atoms with Crippen molar-refractivity contribution in [1.29, 1.82) is 0 Å². The van der Waals surface area contributed by atoms with E-state index in [2.05, 4.69) is 13.8 Å². The summed E-state index contributed by atoms with van der Waals surface area (Å²) in [6, 6.07) is 4.45. The molecular weight excluding hydrogens is 463 g/mol. The van der Waals surface area contributed by atoms with Crippen molar-refractivity contribution in [2.45, 2.75) is 142 Å². The van der Waals surface area contributed by atoms with Crippen LogP contribution in [-0.2, 0) is 4.74 Å². The number of ether oxygens (including phenoxy) is 2. The SMILES string of the molecule is CCCCCCCCC1CCC(C2CCC(OC(=O)c3ccc(OCCCCCC)c(F)c3)CC2)CC1. The zero-order valence-electron chi connectivity index (χ0n) is 23.8. The predicted octanol–water partition coefficient (Wildman–Crippen LogP) is 10.1. The average molecular weight is 517 g/mol. The van der Waals surface area contributed by atoms with Crippen molar-refractivity contribution in [3.05, 3.63) is 29.6 Å². The maximum absolute atomic E-state index is 14.4. The standard InChI is InChI=1S/C33H53FO3/c1-3-5-7-9-10-11-13-26-14-16-27(17-15-26)28-18-21-30(22-19-28)37-33(35)29-20-23-32(31(34)25-29)36-24-12-8-6-4-2/h20,23,25-28,30H,3-19,21-22,24H2,1-2H3. The van der Waals surface area contributed by atoms with Crippen LogP contribution < -0.4 is 4.74 Å². The molecule has 0 bridgehead atoms. The second-order valence-electron chi connectivity index (χ2n) is 11.8. The second-order valence-corrected chi connectivity index (χ2v) is 11.8. The minimum Gasteiger partial charge on any atom is -0.491 e. The van der Waals surface area contributed by atoms with Gasteiger partial charge < -0.3 is 9.47 Å². The predicted molar refractivity (Wildman–Crippen MR) is 151 cm³/mol. The van der Waals surface area contributed by atoms with Gasteiger partial charge in [0.1, 0.15) is 6.10 Å². The molecule has 4 heteroatoms. The van der Waals surface area contributed by atoms with Crippen LogP contribution in [0.1, 0.15) is 146 Å². The largest absolute Gasteiger partial charge is 0.491 e. The molecule has 0 amide bonds. The summed E-state index contributed by atoms with van der Waals surface area (Å²) in [6.07, 6.45) is 23.9. The van der Waals surface area contributed by atoms with E-state index < -0.39 is 11.8 Å². The fourth-order valence-electron chi connectivity index (χ4n) is 6.51. The molecule has 0 unspecified atom stereocenters. The summed E-state index contributed by atoms with van der Waals surface area (Å²) >= 11 is 0. The molecule has 0 radical (unpaired) electrons. The fraction of sp³-hybridized carbons (Fsp3) is 0.788. The molecule has 0 aliphatic heterocycles. The number of carbonyl (C=O) groups excluding carboxylic acids is 1. The minimum atomic E-state index is -0.485. The van der Waals surface area contributed by atoms with Gasteiger partial charge in [0.15, 0.2) is 11.6 Å². The molecule has 0 N–H and O–H groups in total. The van der Waals surface area contributed by atoms with Crippen molar-refractivity contribution in [1.82, 2.24) is 0 Å². The average Bonchev–Trinajstić information content (AvgIpc) is 2.92. The van der Waals surface area contributed by atoms with Gasteiger partial charge in [-0.15, -0.1) is 0 Å². The third kappa shape index (κ3) is 10.6. The first-order valence-electron chi connectivity index (χ1n) is 15.7. The van der Waals surface area contributed by atoms with Crippen LogP contribution in [-0.4, -0.2) is 18.7 Å². The highest BCUT2D eigenvalue weighted by Crippen LogP contribution is 2.41. The van der Waals surface area contributed by atoms with E-state index in [-0.39, 0.29) is 17.4 Å². The number of carbonyl (C=O) groups is 1. The lowest BCUT2D eigenvalue weighted by molar-refractivity contribution is 0.0109.